The van der Waals surface area contributed by atoms with Crippen LogP contribution in [0.3, 0.4) is 0 Å². The average molecular weight is 319 g/mol. The molecule has 7 heteroatoms. The van der Waals surface area contributed by atoms with Crippen molar-refractivity contribution in [3.63, 3.8) is 0 Å². The number of aryl methyl sites for hydroxylation is 1. The molecule has 2 heterocycles. The van der Waals surface area contributed by atoms with Gasteiger partial charge in [-0.05, 0) is 38.5 Å². The van der Waals surface area contributed by atoms with Crippen LogP contribution in [-0.4, -0.2) is 45.5 Å². The van der Waals surface area contributed by atoms with Gasteiger partial charge in [0.25, 0.3) is 5.91 Å². The molecular weight excluding hydrogens is 294 g/mol. The summed E-state index contributed by atoms with van der Waals surface area (Å²) in [6.45, 7) is 0.396. The molecule has 0 bridgehead atoms. The fourth-order valence-corrected chi connectivity index (χ4v) is 3.91. The van der Waals surface area contributed by atoms with Gasteiger partial charge in [0.2, 0.25) is 5.91 Å². The Morgan fingerprint density at radius 2 is 1.91 bits per heavy atom. The minimum atomic E-state index is -0.383. The highest BCUT2D eigenvalue weighted by atomic mass is 16.2. The van der Waals surface area contributed by atoms with E-state index in [9.17, 15) is 9.59 Å². The van der Waals surface area contributed by atoms with Crippen LogP contribution >= 0.6 is 0 Å². The van der Waals surface area contributed by atoms with Gasteiger partial charge in [0.1, 0.15) is 0 Å². The van der Waals surface area contributed by atoms with Crippen molar-refractivity contribution in [2.75, 3.05) is 6.54 Å². The summed E-state index contributed by atoms with van der Waals surface area (Å²) in [7, 11) is 0. The summed E-state index contributed by atoms with van der Waals surface area (Å²) in [6, 6.07) is -0.198. The summed E-state index contributed by atoms with van der Waals surface area (Å²) in [5.41, 5.74) is 13.8. The molecule has 0 saturated carbocycles. The van der Waals surface area contributed by atoms with Gasteiger partial charge in [-0.2, -0.15) is 5.10 Å². The maximum atomic E-state index is 13.1. The van der Waals surface area contributed by atoms with E-state index in [-0.39, 0.29) is 30.3 Å². The monoisotopic (exact) mass is 319 g/mol. The molecule has 2 atom stereocenters. The lowest BCUT2D eigenvalue weighted by molar-refractivity contribution is -0.118. The van der Waals surface area contributed by atoms with Gasteiger partial charge in [0, 0.05) is 36.3 Å². The maximum absolute atomic E-state index is 13.1. The largest absolute Gasteiger partial charge is 0.370 e. The van der Waals surface area contributed by atoms with Crippen LogP contribution in [0.1, 0.15) is 60.3 Å². The van der Waals surface area contributed by atoms with E-state index in [0.29, 0.717) is 12.2 Å². The first kappa shape index (κ1) is 16.0. The van der Waals surface area contributed by atoms with Crippen molar-refractivity contribution in [2.24, 2.45) is 11.5 Å². The molecule has 1 aliphatic heterocycles. The van der Waals surface area contributed by atoms with Crippen molar-refractivity contribution in [3.05, 3.63) is 17.0 Å². The van der Waals surface area contributed by atoms with Crippen molar-refractivity contribution < 1.29 is 9.59 Å². The number of aromatic amines is 1. The Bertz CT molecular complexity index is 597. The molecule has 1 aromatic rings. The summed E-state index contributed by atoms with van der Waals surface area (Å²) in [4.78, 5) is 26.2. The predicted molar refractivity (Wildman–Crippen MR) is 85.7 cm³/mol. The van der Waals surface area contributed by atoms with E-state index < -0.39 is 0 Å². The number of H-pyrrole nitrogens is 1. The van der Waals surface area contributed by atoms with Gasteiger partial charge in [-0.25, -0.2) is 0 Å². The number of hydrogen-bond acceptors (Lipinski definition) is 4. The van der Waals surface area contributed by atoms with Crippen molar-refractivity contribution in [3.8, 4) is 0 Å². The number of amides is 2. The van der Waals surface area contributed by atoms with E-state index in [2.05, 4.69) is 10.2 Å². The fourth-order valence-electron chi connectivity index (χ4n) is 3.91. The lowest BCUT2D eigenvalue weighted by Crippen LogP contribution is -2.46. The van der Waals surface area contributed by atoms with Crippen LogP contribution in [0.25, 0.3) is 0 Å². The first-order chi connectivity index (χ1) is 11.1. The minimum Gasteiger partial charge on any atom is -0.370 e. The minimum absolute atomic E-state index is 0.0371. The number of hydrogen-bond donors (Lipinski definition) is 3. The quantitative estimate of drug-likeness (QED) is 0.700. The van der Waals surface area contributed by atoms with Gasteiger partial charge in [-0.15, -0.1) is 0 Å². The Balaban J connectivity index is 1.88. The number of carbonyl (C=O) groups is 2. The van der Waals surface area contributed by atoms with Crippen LogP contribution in [0, 0.1) is 0 Å². The van der Waals surface area contributed by atoms with Gasteiger partial charge in [-0.3, -0.25) is 14.7 Å². The second-order valence-corrected chi connectivity index (χ2v) is 6.59. The number of nitrogens with zero attached hydrogens (tertiary/aromatic N) is 2. The van der Waals surface area contributed by atoms with Crippen LogP contribution < -0.4 is 11.5 Å². The molecule has 0 radical (unpaired) electrons. The molecule has 126 valence electrons. The normalized spacial score (nSPS) is 24.3. The first-order valence-corrected chi connectivity index (χ1v) is 8.49. The van der Waals surface area contributed by atoms with Crippen LogP contribution in [0.5, 0.6) is 0 Å². The molecule has 2 amide bonds. The highest BCUT2D eigenvalue weighted by Crippen LogP contribution is 2.30. The average Bonchev–Trinajstić information content (AvgIpc) is 3.03. The summed E-state index contributed by atoms with van der Waals surface area (Å²) in [6.07, 6.45) is 6.98. The van der Waals surface area contributed by atoms with Crippen LogP contribution in [0.2, 0.25) is 0 Å². The number of nitrogens with one attached hydrogen (secondary N) is 1. The van der Waals surface area contributed by atoms with Gasteiger partial charge in [0.05, 0.1) is 0 Å². The molecule has 1 aliphatic carbocycles. The highest BCUT2D eigenvalue weighted by Gasteiger charge is 2.39. The van der Waals surface area contributed by atoms with E-state index in [1.807, 2.05) is 0 Å². The lowest BCUT2D eigenvalue weighted by atomic mass is 10.1. The van der Waals surface area contributed by atoms with Crippen molar-refractivity contribution >= 4 is 11.8 Å². The highest BCUT2D eigenvalue weighted by molar-refractivity contribution is 5.95. The molecule has 23 heavy (non-hydrogen) atoms. The number of nitrogens with two attached hydrogens (primary N) is 2. The van der Waals surface area contributed by atoms with Gasteiger partial charge in [-0.1, -0.05) is 6.42 Å². The van der Waals surface area contributed by atoms with Crippen molar-refractivity contribution in [1.82, 2.24) is 15.1 Å². The number of likely N-dealkylation sites (tertiary alicyclic amines) is 1. The Hall–Kier alpha value is -1.89. The maximum Gasteiger partial charge on any atom is 0.275 e. The van der Waals surface area contributed by atoms with Crippen molar-refractivity contribution in [1.29, 1.82) is 0 Å². The molecule has 0 aromatic carbocycles. The molecule has 3 rings (SSSR count). The number of aromatic nitrogens is 2. The molecule has 1 saturated heterocycles. The van der Waals surface area contributed by atoms with E-state index in [1.54, 1.807) is 4.90 Å². The summed E-state index contributed by atoms with van der Waals surface area (Å²) in [5.74, 6) is -0.491. The smallest absolute Gasteiger partial charge is 0.275 e. The van der Waals surface area contributed by atoms with E-state index >= 15 is 0 Å². The molecular formula is C16H25N5O2. The van der Waals surface area contributed by atoms with E-state index in [1.165, 1.54) is 6.42 Å². The van der Waals surface area contributed by atoms with Gasteiger partial charge < -0.3 is 16.4 Å². The molecule has 1 aromatic heterocycles. The number of primary amides is 1. The SMILES string of the molecule is NC[C@@H]1CC[C@H](CC(N)=O)N1C(=O)c1n[nH]c2c1CCCCC2. The zero-order valence-corrected chi connectivity index (χ0v) is 13.4. The third kappa shape index (κ3) is 3.10. The zero-order valence-electron chi connectivity index (χ0n) is 13.4. The summed E-state index contributed by atoms with van der Waals surface area (Å²) >= 11 is 0. The Kier molecular flexibility index (Phi) is 4.66. The topological polar surface area (TPSA) is 118 Å². The van der Waals surface area contributed by atoms with Gasteiger partial charge in [0.15, 0.2) is 5.69 Å². The Labute approximate surface area is 135 Å². The number of fused-ring (bicyclic) bond motifs is 1. The third-order valence-electron chi connectivity index (χ3n) is 5.07. The number of rotatable bonds is 4. The van der Waals surface area contributed by atoms with E-state index in [0.717, 1.165) is 49.8 Å². The third-order valence-corrected chi connectivity index (χ3v) is 5.07. The Morgan fingerprint density at radius 1 is 1.17 bits per heavy atom. The zero-order chi connectivity index (χ0) is 16.4. The Morgan fingerprint density at radius 3 is 2.65 bits per heavy atom. The molecule has 0 spiro atoms. The van der Waals surface area contributed by atoms with Crippen LogP contribution in [-0.2, 0) is 17.6 Å². The first-order valence-electron chi connectivity index (χ1n) is 8.49. The second kappa shape index (κ2) is 6.70. The number of carbonyl (C=O) groups excluding carboxylic acids is 2. The van der Waals surface area contributed by atoms with E-state index in [4.69, 9.17) is 11.5 Å². The summed E-state index contributed by atoms with van der Waals surface area (Å²) in [5, 5.41) is 7.33. The lowest BCUT2D eigenvalue weighted by Gasteiger charge is -2.29. The van der Waals surface area contributed by atoms with Crippen LogP contribution in [0.4, 0.5) is 0 Å². The molecule has 7 nitrogen and oxygen atoms in total. The van der Waals surface area contributed by atoms with Crippen LogP contribution in [0.15, 0.2) is 0 Å². The second-order valence-electron chi connectivity index (χ2n) is 6.59. The molecule has 1 fully saturated rings. The molecule has 0 unspecified atom stereocenters. The molecule has 5 N–H and O–H groups in total. The predicted octanol–water partition coefficient (Wildman–Crippen LogP) is 0.486. The molecule has 2 aliphatic rings. The fraction of sp³-hybridized carbons (Fsp3) is 0.688. The van der Waals surface area contributed by atoms with Crippen molar-refractivity contribution in [2.45, 2.75) is 63.5 Å². The standard InChI is InChI=1S/C16H25N5O2/c17-9-11-7-6-10(8-14(18)22)21(11)16(23)15-12-4-2-1-3-5-13(12)19-20-15/h10-11H,1-9,17H2,(H2,18,22)(H,19,20)/t10-,11+/m1/s1. The summed E-state index contributed by atoms with van der Waals surface area (Å²) < 4.78 is 0. The van der Waals surface area contributed by atoms with Gasteiger partial charge >= 0.3 is 0 Å².